The lowest BCUT2D eigenvalue weighted by molar-refractivity contribution is -0.116. The van der Waals surface area contributed by atoms with Crippen LogP contribution in [-0.2, 0) is 4.79 Å². The predicted octanol–water partition coefficient (Wildman–Crippen LogP) is 6.98. The molecule has 0 aliphatic heterocycles. The van der Waals surface area contributed by atoms with Crippen LogP contribution < -0.4 is 5.32 Å². The number of nitrogens with one attached hydrogen (secondary N) is 1. The number of amides is 1. The Morgan fingerprint density at radius 3 is 2.34 bits per heavy atom. The predicted molar refractivity (Wildman–Crippen MR) is 122 cm³/mol. The molecule has 0 radical (unpaired) electrons. The number of para-hydroxylation sites is 3. The lowest BCUT2D eigenvalue weighted by Crippen LogP contribution is -2.15. The molecule has 154 valence electrons. The molecule has 0 atom stereocenters. The number of benzene rings is 2. The third-order valence-corrected chi connectivity index (χ3v) is 5.85. The lowest BCUT2D eigenvalue weighted by Gasteiger charge is -2.20. The van der Waals surface area contributed by atoms with Crippen molar-refractivity contribution < 1.29 is 9.21 Å². The fourth-order valence-electron chi connectivity index (χ4n) is 3.36. The van der Waals surface area contributed by atoms with Gasteiger partial charge in [0, 0.05) is 17.9 Å². The molecule has 0 saturated heterocycles. The van der Waals surface area contributed by atoms with Crippen LogP contribution in [-0.4, -0.2) is 16.6 Å². The largest absolute Gasteiger partial charge is 0.431 e. The zero-order valence-electron chi connectivity index (χ0n) is 17.7. The van der Waals surface area contributed by atoms with Gasteiger partial charge in [-0.1, -0.05) is 69.8 Å². The van der Waals surface area contributed by atoms with E-state index in [-0.39, 0.29) is 5.91 Å². The summed E-state index contributed by atoms with van der Waals surface area (Å²) >= 11 is 1.61. The summed E-state index contributed by atoms with van der Waals surface area (Å²) in [5.41, 5.74) is 5.12. The number of carbonyl (C=O) groups excluding carboxylic acids is 1. The van der Waals surface area contributed by atoms with E-state index in [0.29, 0.717) is 23.5 Å². The second-order valence-corrected chi connectivity index (χ2v) is 8.97. The summed E-state index contributed by atoms with van der Waals surface area (Å²) in [6.45, 7) is 8.66. The van der Waals surface area contributed by atoms with E-state index >= 15 is 0 Å². The van der Waals surface area contributed by atoms with Crippen molar-refractivity contribution in [3.05, 3.63) is 53.6 Å². The maximum atomic E-state index is 12.6. The van der Waals surface area contributed by atoms with E-state index in [1.807, 2.05) is 24.3 Å². The molecule has 1 aromatic heterocycles. The number of hydrogen-bond acceptors (Lipinski definition) is 4. The summed E-state index contributed by atoms with van der Waals surface area (Å²) in [5.74, 6) is 1.72. The molecule has 0 saturated carbocycles. The van der Waals surface area contributed by atoms with E-state index in [1.54, 1.807) is 11.8 Å². The van der Waals surface area contributed by atoms with Crippen LogP contribution in [0.5, 0.6) is 0 Å². The van der Waals surface area contributed by atoms with Gasteiger partial charge in [0.2, 0.25) is 5.91 Å². The fraction of sp³-hybridized carbons (Fsp3) is 0.417. The molecular weight excluding hydrogens is 380 g/mol. The van der Waals surface area contributed by atoms with Gasteiger partial charge in [-0.25, -0.2) is 4.98 Å². The molecule has 1 heterocycles. The van der Waals surface area contributed by atoms with Crippen LogP contribution in [0.1, 0.15) is 69.9 Å². The number of rotatable bonds is 9. The van der Waals surface area contributed by atoms with Gasteiger partial charge in [0.25, 0.3) is 5.22 Å². The van der Waals surface area contributed by atoms with Crippen molar-refractivity contribution in [2.45, 2.75) is 64.0 Å². The first-order chi connectivity index (χ1) is 14.0. The summed E-state index contributed by atoms with van der Waals surface area (Å²) in [7, 11) is 0. The van der Waals surface area contributed by atoms with Crippen LogP contribution in [0.2, 0.25) is 0 Å². The van der Waals surface area contributed by atoms with Crippen LogP contribution in [0.3, 0.4) is 0 Å². The summed E-state index contributed by atoms with van der Waals surface area (Å²) in [5, 5.41) is 3.89. The van der Waals surface area contributed by atoms with Crippen LogP contribution >= 0.6 is 11.8 Å². The van der Waals surface area contributed by atoms with Gasteiger partial charge >= 0.3 is 0 Å². The molecule has 1 N–H and O–H groups in total. The molecule has 0 spiro atoms. The summed E-state index contributed by atoms with van der Waals surface area (Å²) in [6.07, 6.45) is 2.32. The Hall–Kier alpha value is -2.27. The number of hydrogen-bond donors (Lipinski definition) is 1. The van der Waals surface area contributed by atoms with E-state index in [0.717, 1.165) is 35.4 Å². The van der Waals surface area contributed by atoms with Crippen LogP contribution in [0.15, 0.2) is 52.1 Å². The molecule has 1 amide bonds. The van der Waals surface area contributed by atoms with Gasteiger partial charge in [0.05, 0.1) is 0 Å². The zero-order valence-corrected chi connectivity index (χ0v) is 18.5. The lowest BCUT2D eigenvalue weighted by atomic mass is 9.92. The molecule has 3 rings (SSSR count). The van der Waals surface area contributed by atoms with Crippen molar-refractivity contribution >= 4 is 34.5 Å². The molecule has 0 bridgehead atoms. The third kappa shape index (κ3) is 5.63. The minimum Gasteiger partial charge on any atom is -0.431 e. The molecule has 0 aliphatic rings. The number of fused-ring (bicyclic) bond motifs is 1. The molecule has 3 aromatic rings. The van der Waals surface area contributed by atoms with E-state index in [1.165, 1.54) is 11.1 Å². The van der Waals surface area contributed by atoms with Crippen LogP contribution in [0.25, 0.3) is 11.1 Å². The second kappa shape index (κ2) is 9.97. The minimum absolute atomic E-state index is 0.0897. The SMILES string of the molecule is CC(C)c1cccc(C(C)C)c1NC(=O)CCCCSc1nc2ccccc2o1. The number of aromatic nitrogens is 1. The molecular formula is C24H30N2O2S. The molecule has 2 aromatic carbocycles. The second-order valence-electron chi connectivity index (χ2n) is 7.92. The Bertz CT molecular complexity index is 903. The monoisotopic (exact) mass is 410 g/mol. The molecule has 4 nitrogen and oxygen atoms in total. The highest BCUT2D eigenvalue weighted by atomic mass is 32.2. The average Bonchev–Trinajstić information content (AvgIpc) is 3.10. The van der Waals surface area contributed by atoms with E-state index in [2.05, 4.69) is 56.2 Å². The molecule has 5 heteroatoms. The minimum atomic E-state index is 0.0897. The van der Waals surface area contributed by atoms with Gasteiger partial charge in [-0.15, -0.1) is 0 Å². The van der Waals surface area contributed by atoms with Crippen molar-refractivity contribution in [3.8, 4) is 0 Å². The highest BCUT2D eigenvalue weighted by Crippen LogP contribution is 2.32. The standard InChI is InChI=1S/C24H30N2O2S/c1-16(2)18-10-9-11-19(17(3)4)23(18)26-22(27)14-7-8-15-29-24-25-20-12-5-6-13-21(20)28-24/h5-6,9-13,16-17H,7-8,14-15H2,1-4H3,(H,26,27). The molecule has 0 aliphatic carbocycles. The third-order valence-electron chi connectivity index (χ3n) is 4.94. The Balaban J connectivity index is 1.49. The number of nitrogens with zero attached hydrogens (tertiary/aromatic N) is 1. The highest BCUT2D eigenvalue weighted by Gasteiger charge is 2.15. The van der Waals surface area contributed by atoms with Gasteiger partial charge in [-0.2, -0.15) is 0 Å². The Kier molecular flexibility index (Phi) is 7.37. The van der Waals surface area contributed by atoms with E-state index in [9.17, 15) is 4.79 Å². The highest BCUT2D eigenvalue weighted by molar-refractivity contribution is 7.99. The summed E-state index contributed by atoms with van der Waals surface area (Å²) in [6, 6.07) is 14.1. The average molecular weight is 411 g/mol. The zero-order chi connectivity index (χ0) is 20.8. The summed E-state index contributed by atoms with van der Waals surface area (Å²) < 4.78 is 5.72. The van der Waals surface area contributed by atoms with Crippen molar-refractivity contribution in [2.24, 2.45) is 0 Å². The molecule has 0 fully saturated rings. The van der Waals surface area contributed by atoms with Crippen molar-refractivity contribution in [2.75, 3.05) is 11.1 Å². The van der Waals surface area contributed by atoms with Gasteiger partial charge in [0.1, 0.15) is 5.52 Å². The van der Waals surface area contributed by atoms with Gasteiger partial charge in [-0.3, -0.25) is 4.79 Å². The summed E-state index contributed by atoms with van der Waals surface area (Å²) in [4.78, 5) is 17.0. The van der Waals surface area contributed by atoms with E-state index in [4.69, 9.17) is 4.42 Å². The van der Waals surface area contributed by atoms with Crippen molar-refractivity contribution in [1.82, 2.24) is 4.98 Å². The van der Waals surface area contributed by atoms with Crippen LogP contribution in [0.4, 0.5) is 5.69 Å². The first kappa shape index (κ1) is 21.4. The maximum absolute atomic E-state index is 12.6. The van der Waals surface area contributed by atoms with Gasteiger partial charge in [-0.05, 0) is 47.9 Å². The number of carbonyl (C=O) groups is 1. The van der Waals surface area contributed by atoms with Crippen LogP contribution in [0, 0.1) is 0 Å². The normalized spacial score (nSPS) is 11.5. The van der Waals surface area contributed by atoms with Gasteiger partial charge < -0.3 is 9.73 Å². The quantitative estimate of drug-likeness (QED) is 0.305. The number of oxazole rings is 1. The smallest absolute Gasteiger partial charge is 0.256 e. The Morgan fingerprint density at radius 2 is 1.69 bits per heavy atom. The topological polar surface area (TPSA) is 55.1 Å². The Morgan fingerprint density at radius 1 is 1.00 bits per heavy atom. The van der Waals surface area contributed by atoms with E-state index < -0.39 is 0 Å². The Labute approximate surface area is 177 Å². The first-order valence-electron chi connectivity index (χ1n) is 10.4. The fourth-order valence-corrected chi connectivity index (χ4v) is 4.19. The maximum Gasteiger partial charge on any atom is 0.256 e. The first-order valence-corrected chi connectivity index (χ1v) is 11.3. The number of unbranched alkanes of at least 4 members (excludes halogenated alkanes) is 1. The number of anilines is 1. The molecule has 0 unspecified atom stereocenters. The van der Waals surface area contributed by atoms with Crippen molar-refractivity contribution in [3.63, 3.8) is 0 Å². The molecule has 29 heavy (non-hydrogen) atoms. The van der Waals surface area contributed by atoms with Crippen molar-refractivity contribution in [1.29, 1.82) is 0 Å². The van der Waals surface area contributed by atoms with Gasteiger partial charge in [0.15, 0.2) is 5.58 Å². The number of thioether (sulfide) groups is 1.